The van der Waals surface area contributed by atoms with Crippen molar-refractivity contribution >= 4 is 0 Å². The molecule has 0 aromatic heterocycles. The molecule has 0 bridgehead atoms. The van der Waals surface area contributed by atoms with Crippen LogP contribution in [0.5, 0.6) is 0 Å². The molecule has 0 atom stereocenters. The molecule has 0 rings (SSSR count). The number of rotatable bonds is 4. The number of hydrogen-bond donors (Lipinski definition) is 2. The van der Waals surface area contributed by atoms with Crippen LogP contribution in [0.1, 0.15) is 19.8 Å². The zero-order valence-electron chi connectivity index (χ0n) is 7.29. The lowest BCUT2D eigenvalue weighted by Gasteiger charge is -2.10. The van der Waals surface area contributed by atoms with Crippen molar-refractivity contribution in [1.82, 2.24) is 5.01 Å². The first-order valence-electron chi connectivity index (χ1n) is 3.71. The van der Waals surface area contributed by atoms with E-state index >= 15 is 0 Å². The Morgan fingerprint density at radius 1 is 1.45 bits per heavy atom. The van der Waals surface area contributed by atoms with E-state index in [9.17, 15) is 0 Å². The van der Waals surface area contributed by atoms with Crippen LogP contribution < -0.4 is 11.6 Å². The van der Waals surface area contributed by atoms with Crippen LogP contribution in [-0.4, -0.2) is 11.6 Å². The molecule has 0 fully saturated rings. The van der Waals surface area contributed by atoms with Gasteiger partial charge in [0.25, 0.3) is 0 Å². The summed E-state index contributed by atoms with van der Waals surface area (Å²) in [6, 6.07) is 0. The average Bonchev–Trinajstić information content (AvgIpc) is 2.05. The number of unbranched alkanes of at least 4 members (excludes halogenated alkanes) is 1. The van der Waals surface area contributed by atoms with E-state index in [0.29, 0.717) is 0 Å². The van der Waals surface area contributed by atoms with Crippen molar-refractivity contribution in [2.24, 2.45) is 11.6 Å². The van der Waals surface area contributed by atoms with Gasteiger partial charge in [0, 0.05) is 18.9 Å². The lowest BCUT2D eigenvalue weighted by atomic mass is 10.3. The summed E-state index contributed by atoms with van der Waals surface area (Å²) in [5.74, 6) is 5.44. The summed E-state index contributed by atoms with van der Waals surface area (Å²) in [5.41, 5.74) is 5.10. The van der Waals surface area contributed by atoms with Crippen LogP contribution in [0.25, 0.3) is 0 Å². The monoisotopic (exact) mass is 157 g/mol. The molecule has 0 aromatic carbocycles. The minimum absolute atomic E-state index is 0.879. The third-order valence-corrected chi connectivity index (χ3v) is 1.05. The maximum Gasteiger partial charge on any atom is 0.0335 e. The number of hydrazine groups is 1. The van der Waals surface area contributed by atoms with Gasteiger partial charge in [-0.15, -0.1) is 13.2 Å². The molecule has 0 spiro atoms. The second-order valence-electron chi connectivity index (χ2n) is 1.93. The average molecular weight is 157 g/mol. The Morgan fingerprint density at radius 3 is 2.36 bits per heavy atom. The minimum atomic E-state index is 0.879. The molecule has 66 valence electrons. The molecule has 3 heteroatoms. The highest BCUT2D eigenvalue weighted by Crippen LogP contribution is 1.88. The normalized spacial score (nSPS) is 8.91. The van der Waals surface area contributed by atoms with Crippen molar-refractivity contribution in [3.8, 4) is 0 Å². The first kappa shape index (κ1) is 12.7. The predicted molar refractivity (Wildman–Crippen MR) is 50.4 cm³/mol. The van der Waals surface area contributed by atoms with Crippen molar-refractivity contribution in [1.29, 1.82) is 0 Å². The fourth-order valence-corrected chi connectivity index (χ4v) is 0.526. The number of nitrogens with two attached hydrogens (primary N) is 2. The Hall–Kier alpha value is -0.960. The maximum atomic E-state index is 5.44. The molecule has 0 aliphatic rings. The molecule has 0 aliphatic carbocycles. The Bertz CT molecular complexity index is 91.3. The van der Waals surface area contributed by atoms with Gasteiger partial charge < -0.3 is 10.7 Å². The molecule has 0 unspecified atom stereocenters. The quantitative estimate of drug-likeness (QED) is 0.366. The lowest BCUT2D eigenvalue weighted by molar-refractivity contribution is 0.383. The van der Waals surface area contributed by atoms with Crippen molar-refractivity contribution in [2.75, 3.05) is 6.54 Å². The Labute approximate surface area is 69.3 Å². The zero-order chi connectivity index (χ0) is 9.11. The SMILES string of the molecule is C=C.CCCCN(N)/C=C\N. The molecule has 0 saturated heterocycles. The lowest BCUT2D eigenvalue weighted by Crippen LogP contribution is -2.26. The van der Waals surface area contributed by atoms with Crippen molar-refractivity contribution < 1.29 is 0 Å². The summed E-state index contributed by atoms with van der Waals surface area (Å²) in [4.78, 5) is 0. The fourth-order valence-electron chi connectivity index (χ4n) is 0.526. The van der Waals surface area contributed by atoms with Gasteiger partial charge in [0.05, 0.1) is 0 Å². The fraction of sp³-hybridized carbons (Fsp3) is 0.500. The van der Waals surface area contributed by atoms with E-state index in [1.807, 2.05) is 0 Å². The zero-order valence-corrected chi connectivity index (χ0v) is 7.29. The third-order valence-electron chi connectivity index (χ3n) is 1.05. The van der Waals surface area contributed by atoms with Crippen LogP contribution in [0.4, 0.5) is 0 Å². The molecule has 11 heavy (non-hydrogen) atoms. The maximum absolute atomic E-state index is 5.44. The summed E-state index contributed by atoms with van der Waals surface area (Å²) in [6.07, 6.45) is 5.37. The van der Waals surface area contributed by atoms with Gasteiger partial charge in [-0.25, -0.2) is 5.84 Å². The number of hydrogen-bond acceptors (Lipinski definition) is 3. The highest BCUT2D eigenvalue weighted by molar-refractivity contribution is 4.72. The van der Waals surface area contributed by atoms with Crippen molar-refractivity contribution in [2.45, 2.75) is 19.8 Å². The molecular weight excluding hydrogens is 138 g/mol. The second kappa shape index (κ2) is 11.8. The third kappa shape index (κ3) is 12.3. The largest absolute Gasteiger partial charge is 0.403 e. The van der Waals surface area contributed by atoms with Gasteiger partial charge in [0.2, 0.25) is 0 Å². The standard InChI is InChI=1S/C6H15N3.C2H4/c1-2-3-5-9(8)6-4-7;1-2/h4,6H,2-3,5,7-8H2,1H3;1-2H2/b6-4-;. The molecule has 0 aromatic rings. The summed E-state index contributed by atoms with van der Waals surface area (Å²) in [7, 11) is 0. The first-order chi connectivity index (χ1) is 5.31. The van der Waals surface area contributed by atoms with Gasteiger partial charge in [-0.05, 0) is 6.42 Å². The molecule has 0 heterocycles. The summed E-state index contributed by atoms with van der Waals surface area (Å²) in [6.45, 7) is 9.00. The predicted octanol–water partition coefficient (Wildman–Crippen LogP) is 1.19. The van der Waals surface area contributed by atoms with Crippen LogP contribution in [0.2, 0.25) is 0 Å². The van der Waals surface area contributed by atoms with Crippen LogP contribution in [0, 0.1) is 0 Å². The van der Waals surface area contributed by atoms with Crippen LogP contribution in [0.3, 0.4) is 0 Å². The number of nitrogens with zero attached hydrogens (tertiary/aromatic N) is 1. The topological polar surface area (TPSA) is 55.3 Å². The van der Waals surface area contributed by atoms with E-state index in [2.05, 4.69) is 20.1 Å². The van der Waals surface area contributed by atoms with Gasteiger partial charge in [0.15, 0.2) is 0 Å². The Morgan fingerprint density at radius 2 is 2.00 bits per heavy atom. The summed E-state index contributed by atoms with van der Waals surface area (Å²) in [5, 5.41) is 1.59. The summed E-state index contributed by atoms with van der Waals surface area (Å²) < 4.78 is 0. The Kier molecular flexibility index (Phi) is 13.6. The Balaban J connectivity index is 0. The second-order valence-corrected chi connectivity index (χ2v) is 1.93. The van der Waals surface area contributed by atoms with E-state index in [-0.39, 0.29) is 0 Å². The molecule has 0 amide bonds. The van der Waals surface area contributed by atoms with Gasteiger partial charge in [0.1, 0.15) is 0 Å². The molecular formula is C8H19N3. The van der Waals surface area contributed by atoms with E-state index in [1.54, 1.807) is 11.2 Å². The van der Waals surface area contributed by atoms with Gasteiger partial charge in [-0.2, -0.15) is 0 Å². The van der Waals surface area contributed by atoms with Gasteiger partial charge in [-0.3, -0.25) is 0 Å². The van der Waals surface area contributed by atoms with Crippen LogP contribution >= 0.6 is 0 Å². The highest BCUT2D eigenvalue weighted by Gasteiger charge is 1.86. The first-order valence-corrected chi connectivity index (χ1v) is 3.71. The molecule has 4 N–H and O–H groups in total. The van der Waals surface area contributed by atoms with Crippen LogP contribution in [-0.2, 0) is 0 Å². The van der Waals surface area contributed by atoms with Gasteiger partial charge >= 0.3 is 0 Å². The van der Waals surface area contributed by atoms with E-state index < -0.39 is 0 Å². The van der Waals surface area contributed by atoms with Gasteiger partial charge in [-0.1, -0.05) is 13.3 Å². The summed E-state index contributed by atoms with van der Waals surface area (Å²) >= 11 is 0. The molecule has 0 saturated carbocycles. The molecule has 3 nitrogen and oxygen atoms in total. The van der Waals surface area contributed by atoms with E-state index in [4.69, 9.17) is 11.6 Å². The van der Waals surface area contributed by atoms with Crippen molar-refractivity contribution in [3.05, 3.63) is 25.6 Å². The smallest absolute Gasteiger partial charge is 0.0335 e. The van der Waals surface area contributed by atoms with E-state index in [1.165, 1.54) is 6.20 Å². The minimum Gasteiger partial charge on any atom is -0.403 e. The molecule has 0 aliphatic heterocycles. The van der Waals surface area contributed by atoms with Crippen LogP contribution in [0.15, 0.2) is 25.6 Å². The highest BCUT2D eigenvalue weighted by atomic mass is 15.4. The van der Waals surface area contributed by atoms with E-state index in [0.717, 1.165) is 19.4 Å². The van der Waals surface area contributed by atoms with Crippen molar-refractivity contribution in [3.63, 3.8) is 0 Å². The molecule has 0 radical (unpaired) electrons.